The molecule has 138 valence electrons. The summed E-state index contributed by atoms with van der Waals surface area (Å²) in [6.45, 7) is 7.39. The van der Waals surface area contributed by atoms with Crippen LogP contribution < -0.4 is 10.5 Å². The highest BCUT2D eigenvalue weighted by molar-refractivity contribution is 9.10. The number of halogens is 1. The largest absolute Gasteiger partial charge is 0.491 e. The Kier molecular flexibility index (Phi) is 6.32. The van der Waals surface area contributed by atoms with Gasteiger partial charge in [-0.2, -0.15) is 5.26 Å². The van der Waals surface area contributed by atoms with E-state index in [0.717, 1.165) is 4.47 Å². The zero-order chi connectivity index (χ0) is 19.4. The molecule has 1 atom stereocenters. The Balaban J connectivity index is 2.65. The summed E-state index contributed by atoms with van der Waals surface area (Å²) in [5, 5.41) is 9.63. The van der Waals surface area contributed by atoms with Crippen LogP contribution in [-0.2, 0) is 14.3 Å². The molecule has 2 N–H and O–H groups in total. The van der Waals surface area contributed by atoms with Crippen LogP contribution in [0.25, 0.3) is 0 Å². The summed E-state index contributed by atoms with van der Waals surface area (Å²) in [6, 6.07) is 7.48. The van der Waals surface area contributed by atoms with Gasteiger partial charge in [-0.15, -0.1) is 0 Å². The van der Waals surface area contributed by atoms with Crippen molar-refractivity contribution in [3.8, 4) is 11.8 Å². The van der Waals surface area contributed by atoms with Gasteiger partial charge in [0.05, 0.1) is 24.2 Å². The highest BCUT2D eigenvalue weighted by Gasteiger charge is 2.37. The lowest BCUT2D eigenvalue weighted by molar-refractivity contribution is -0.139. The highest BCUT2D eigenvalue weighted by atomic mass is 79.9. The minimum atomic E-state index is -0.710. The van der Waals surface area contributed by atoms with Crippen LogP contribution in [0.4, 0.5) is 0 Å². The van der Waals surface area contributed by atoms with Crippen molar-refractivity contribution >= 4 is 21.9 Å². The van der Waals surface area contributed by atoms with E-state index in [9.17, 15) is 10.1 Å². The predicted octanol–water partition coefficient (Wildman–Crippen LogP) is 3.88. The number of nitriles is 1. The minimum Gasteiger partial charge on any atom is -0.491 e. The smallest absolute Gasteiger partial charge is 0.338 e. The van der Waals surface area contributed by atoms with Gasteiger partial charge >= 0.3 is 5.97 Å². The lowest BCUT2D eigenvalue weighted by atomic mass is 9.83. The molecule has 1 aliphatic heterocycles. The van der Waals surface area contributed by atoms with Crippen molar-refractivity contribution in [1.82, 2.24) is 0 Å². The van der Waals surface area contributed by atoms with Crippen molar-refractivity contribution in [2.45, 2.75) is 39.7 Å². The average Bonchev–Trinajstić information content (AvgIpc) is 2.55. The molecule has 1 aliphatic rings. The molecule has 1 aromatic rings. The standard InChI is InChI=1S/C19H21BrN2O4/c1-5-24-19(23)16-11(4)26-18(22)14(9-21)17(16)13-8-12(25-10(2)3)6-7-15(13)20/h6-8,10,17H,5,22H2,1-4H3. The number of rotatable bonds is 5. The second-order valence-corrected chi connectivity index (χ2v) is 6.82. The van der Waals surface area contributed by atoms with E-state index in [2.05, 4.69) is 22.0 Å². The fourth-order valence-corrected chi connectivity index (χ4v) is 3.23. The maximum atomic E-state index is 12.6. The third-order valence-electron chi connectivity index (χ3n) is 3.75. The number of nitrogens with two attached hydrogens (primary N) is 1. The van der Waals surface area contributed by atoms with Crippen LogP contribution in [0.15, 0.2) is 45.5 Å². The van der Waals surface area contributed by atoms with E-state index < -0.39 is 11.9 Å². The van der Waals surface area contributed by atoms with Crippen LogP contribution in [-0.4, -0.2) is 18.7 Å². The van der Waals surface area contributed by atoms with Gasteiger partial charge in [-0.25, -0.2) is 4.79 Å². The second kappa shape index (κ2) is 8.28. The molecule has 26 heavy (non-hydrogen) atoms. The number of esters is 1. The Hall–Kier alpha value is -2.46. The normalized spacial score (nSPS) is 17.0. The van der Waals surface area contributed by atoms with Gasteiger partial charge in [0.1, 0.15) is 23.2 Å². The first kappa shape index (κ1) is 19.9. The quantitative estimate of drug-likeness (QED) is 0.726. The molecule has 0 saturated heterocycles. The third-order valence-corrected chi connectivity index (χ3v) is 4.47. The topological polar surface area (TPSA) is 94.6 Å². The van der Waals surface area contributed by atoms with Gasteiger partial charge < -0.3 is 19.9 Å². The Bertz CT molecular complexity index is 821. The number of allylic oxidation sites excluding steroid dienone is 2. The van der Waals surface area contributed by atoms with Crippen LogP contribution in [0.1, 0.15) is 39.2 Å². The Morgan fingerprint density at radius 2 is 2.15 bits per heavy atom. The summed E-state index contributed by atoms with van der Waals surface area (Å²) in [5.74, 6) is -0.339. The number of carbonyl (C=O) groups excluding carboxylic acids is 1. The molecule has 0 aliphatic carbocycles. The molecule has 0 fully saturated rings. The summed E-state index contributed by atoms with van der Waals surface area (Å²) in [5.41, 5.74) is 6.99. The number of nitrogens with zero attached hydrogens (tertiary/aromatic N) is 1. The molecule has 0 saturated carbocycles. The van der Waals surface area contributed by atoms with Crippen molar-refractivity contribution in [2.24, 2.45) is 5.73 Å². The lowest BCUT2D eigenvalue weighted by Crippen LogP contribution is -2.25. The lowest BCUT2D eigenvalue weighted by Gasteiger charge is -2.27. The molecule has 1 unspecified atom stereocenters. The molecule has 0 radical (unpaired) electrons. The average molecular weight is 421 g/mol. The van der Waals surface area contributed by atoms with Crippen molar-refractivity contribution in [3.63, 3.8) is 0 Å². The first-order chi connectivity index (χ1) is 12.3. The first-order valence-corrected chi connectivity index (χ1v) is 9.01. The molecular weight excluding hydrogens is 400 g/mol. The molecule has 0 aromatic heterocycles. The SMILES string of the molecule is CCOC(=O)C1=C(C)OC(N)=C(C#N)C1c1cc(OC(C)C)ccc1Br. The van der Waals surface area contributed by atoms with Crippen LogP contribution >= 0.6 is 15.9 Å². The summed E-state index contributed by atoms with van der Waals surface area (Å²) in [7, 11) is 0. The maximum Gasteiger partial charge on any atom is 0.338 e. The third kappa shape index (κ3) is 4.02. The summed E-state index contributed by atoms with van der Waals surface area (Å²) >= 11 is 3.50. The number of ether oxygens (including phenoxy) is 3. The van der Waals surface area contributed by atoms with Crippen molar-refractivity contribution < 1.29 is 19.0 Å². The minimum absolute atomic E-state index is 0.0171. The van der Waals surface area contributed by atoms with Gasteiger partial charge in [0.2, 0.25) is 5.88 Å². The summed E-state index contributed by atoms with van der Waals surface area (Å²) in [4.78, 5) is 12.6. The fraction of sp³-hybridized carbons (Fsp3) is 0.368. The number of hydrogen-bond donors (Lipinski definition) is 1. The molecule has 0 spiro atoms. The van der Waals surface area contributed by atoms with Gasteiger partial charge in [0, 0.05) is 4.47 Å². The highest BCUT2D eigenvalue weighted by Crippen LogP contribution is 2.43. The van der Waals surface area contributed by atoms with Crippen LogP contribution in [0.5, 0.6) is 5.75 Å². The Morgan fingerprint density at radius 1 is 1.46 bits per heavy atom. The fourth-order valence-electron chi connectivity index (χ4n) is 2.75. The van der Waals surface area contributed by atoms with E-state index in [1.807, 2.05) is 26.0 Å². The van der Waals surface area contributed by atoms with Crippen LogP contribution in [0, 0.1) is 11.3 Å². The van der Waals surface area contributed by atoms with E-state index in [4.69, 9.17) is 19.9 Å². The van der Waals surface area contributed by atoms with Gasteiger partial charge in [-0.1, -0.05) is 15.9 Å². The van der Waals surface area contributed by atoms with Crippen LogP contribution in [0.2, 0.25) is 0 Å². The maximum absolute atomic E-state index is 12.6. The number of carbonyl (C=O) groups is 1. The zero-order valence-corrected chi connectivity index (χ0v) is 16.7. The van der Waals surface area contributed by atoms with Gasteiger partial charge in [0.25, 0.3) is 0 Å². The number of benzene rings is 1. The van der Waals surface area contributed by atoms with E-state index in [1.54, 1.807) is 19.9 Å². The molecule has 6 nitrogen and oxygen atoms in total. The molecule has 1 aromatic carbocycles. The van der Waals surface area contributed by atoms with Gasteiger partial charge in [-0.3, -0.25) is 0 Å². The van der Waals surface area contributed by atoms with Gasteiger partial charge in [0.15, 0.2) is 0 Å². The van der Waals surface area contributed by atoms with Crippen molar-refractivity contribution in [1.29, 1.82) is 5.26 Å². The Labute approximate surface area is 161 Å². The molecule has 7 heteroatoms. The van der Waals surface area contributed by atoms with Crippen molar-refractivity contribution in [2.75, 3.05) is 6.61 Å². The van der Waals surface area contributed by atoms with Crippen LogP contribution in [0.3, 0.4) is 0 Å². The molecule has 1 heterocycles. The Morgan fingerprint density at radius 3 is 2.73 bits per heavy atom. The molecular formula is C19H21BrN2O4. The molecule has 0 bridgehead atoms. The summed E-state index contributed by atoms with van der Waals surface area (Å²) < 4.78 is 17.1. The van der Waals surface area contributed by atoms with E-state index in [0.29, 0.717) is 17.1 Å². The zero-order valence-electron chi connectivity index (χ0n) is 15.1. The molecule has 2 rings (SSSR count). The van der Waals surface area contributed by atoms with Crippen molar-refractivity contribution in [3.05, 3.63) is 51.0 Å². The second-order valence-electron chi connectivity index (χ2n) is 5.97. The monoisotopic (exact) mass is 420 g/mol. The van der Waals surface area contributed by atoms with E-state index in [-0.39, 0.29) is 29.7 Å². The van der Waals surface area contributed by atoms with E-state index in [1.165, 1.54) is 0 Å². The molecule has 0 amide bonds. The predicted molar refractivity (Wildman–Crippen MR) is 99.9 cm³/mol. The summed E-state index contributed by atoms with van der Waals surface area (Å²) in [6.07, 6.45) is -0.0171. The van der Waals surface area contributed by atoms with Gasteiger partial charge in [-0.05, 0) is 51.5 Å². The number of hydrogen-bond acceptors (Lipinski definition) is 6. The first-order valence-electron chi connectivity index (χ1n) is 8.21. The van der Waals surface area contributed by atoms with E-state index >= 15 is 0 Å².